The molecule has 0 saturated carbocycles. The maximum atomic E-state index is 13.9. The van der Waals surface area contributed by atoms with Crippen LogP contribution in [0.2, 0.25) is 0 Å². The van der Waals surface area contributed by atoms with Gasteiger partial charge in [0, 0.05) is 37.8 Å². The number of esters is 1. The van der Waals surface area contributed by atoms with E-state index in [4.69, 9.17) is 34.2 Å². The average molecular weight is 692 g/mol. The van der Waals surface area contributed by atoms with Crippen LogP contribution in [0.15, 0.2) is 0 Å². The lowest BCUT2D eigenvalue weighted by Crippen LogP contribution is -2.60. The van der Waals surface area contributed by atoms with E-state index < -0.39 is 108 Å². The fourth-order valence-corrected chi connectivity index (χ4v) is 7.44. The molecule has 0 aromatic carbocycles. The van der Waals surface area contributed by atoms with Gasteiger partial charge < -0.3 is 59.7 Å². The second-order valence-corrected chi connectivity index (χ2v) is 15.1. The highest BCUT2D eigenvalue weighted by atomic mass is 16.7. The van der Waals surface area contributed by atoms with Crippen LogP contribution in [0, 0.1) is 17.8 Å². The number of hydrogen-bond donors (Lipinski definition) is 6. The van der Waals surface area contributed by atoms with E-state index in [1.165, 1.54) is 27.9 Å². The third-order valence-electron chi connectivity index (χ3n) is 11.0. The Morgan fingerprint density at radius 3 is 2.15 bits per heavy atom. The molecule has 280 valence electrons. The molecule has 0 spiro atoms. The van der Waals surface area contributed by atoms with Gasteiger partial charge in [-0.3, -0.25) is 9.59 Å². The molecule has 17 atom stereocenters. The SMILES string of the molecule is CC[C@H]1OC(=O)[C@H](C)[C@@H](O[C@H]2C[C@@](C)(OC)[C@@H](O)[C@H](C)O2)[C@H](C)[C@@H](O[C@@H]2O[C@H](C)C[C@H](N)[C@H]2O)[C@](C)(O)CCC(=O)[C@H](C)C(O)[C@]1(C)O. The van der Waals surface area contributed by atoms with Gasteiger partial charge in [-0.2, -0.15) is 0 Å². The molecule has 0 radical (unpaired) electrons. The number of aliphatic hydroxyl groups excluding tert-OH is 3. The van der Waals surface area contributed by atoms with Gasteiger partial charge in [-0.25, -0.2) is 0 Å². The predicted octanol–water partition coefficient (Wildman–Crippen LogP) is 0.937. The normalized spacial score (nSPS) is 50.4. The first-order valence-corrected chi connectivity index (χ1v) is 17.3. The zero-order valence-corrected chi connectivity index (χ0v) is 30.2. The van der Waals surface area contributed by atoms with Crippen LogP contribution >= 0.6 is 0 Å². The van der Waals surface area contributed by atoms with Gasteiger partial charge in [0.2, 0.25) is 0 Å². The monoisotopic (exact) mass is 691 g/mol. The number of ether oxygens (including phenoxy) is 6. The predicted molar refractivity (Wildman–Crippen MR) is 172 cm³/mol. The minimum Gasteiger partial charge on any atom is -0.459 e. The fraction of sp³-hybridized carbons (Fsp3) is 0.941. The van der Waals surface area contributed by atoms with Gasteiger partial charge in [0.05, 0.1) is 47.6 Å². The van der Waals surface area contributed by atoms with Crippen molar-refractivity contribution in [3.05, 3.63) is 0 Å². The van der Waals surface area contributed by atoms with Crippen molar-refractivity contribution in [2.24, 2.45) is 23.5 Å². The summed E-state index contributed by atoms with van der Waals surface area (Å²) in [5, 5.41) is 56.4. The molecular weight excluding hydrogens is 630 g/mol. The van der Waals surface area contributed by atoms with Crippen LogP contribution in [0.25, 0.3) is 0 Å². The Morgan fingerprint density at radius 2 is 1.56 bits per heavy atom. The number of rotatable bonds is 6. The summed E-state index contributed by atoms with van der Waals surface area (Å²) in [7, 11) is 1.47. The fourth-order valence-electron chi connectivity index (χ4n) is 7.44. The van der Waals surface area contributed by atoms with Crippen molar-refractivity contribution in [3.63, 3.8) is 0 Å². The second-order valence-electron chi connectivity index (χ2n) is 15.1. The van der Waals surface area contributed by atoms with Gasteiger partial charge in [0.1, 0.15) is 29.7 Å². The Balaban J connectivity index is 2.13. The zero-order chi connectivity index (χ0) is 36.5. The molecule has 0 aromatic rings. The quantitative estimate of drug-likeness (QED) is 0.214. The van der Waals surface area contributed by atoms with Gasteiger partial charge in [0.15, 0.2) is 12.6 Å². The molecule has 7 N–H and O–H groups in total. The van der Waals surface area contributed by atoms with Crippen LogP contribution in [0.1, 0.15) is 94.4 Å². The molecule has 0 aromatic heterocycles. The van der Waals surface area contributed by atoms with Crippen molar-refractivity contribution in [2.45, 2.75) is 179 Å². The molecule has 3 rings (SSSR count). The molecule has 3 aliphatic heterocycles. The van der Waals surface area contributed by atoms with E-state index in [9.17, 15) is 35.1 Å². The number of Topliss-reactive ketones (excluding diaryl/α,β-unsaturated/α-hetero) is 1. The molecule has 1 unspecified atom stereocenters. The van der Waals surface area contributed by atoms with Gasteiger partial charge in [0.25, 0.3) is 0 Å². The lowest BCUT2D eigenvalue weighted by Gasteiger charge is -2.48. The van der Waals surface area contributed by atoms with Crippen LogP contribution in [0.3, 0.4) is 0 Å². The van der Waals surface area contributed by atoms with E-state index in [1.54, 1.807) is 41.5 Å². The molecule has 3 aliphatic rings. The summed E-state index contributed by atoms with van der Waals surface area (Å²) >= 11 is 0. The van der Waals surface area contributed by atoms with E-state index in [1.807, 2.05) is 0 Å². The topological polar surface area (TPSA) is 217 Å². The van der Waals surface area contributed by atoms with Gasteiger partial charge in [-0.15, -0.1) is 0 Å². The smallest absolute Gasteiger partial charge is 0.311 e. The Labute approximate surface area is 284 Å². The standard InChI is InChI=1S/C34H61NO13/c1-11-23-34(9,42)27(38)17(3)22(36)12-13-32(7,41)29(48-31-25(37)21(35)14-16(2)44-31)18(4)26(19(5)30(40)46-23)47-24-15-33(8,43-10)28(39)20(6)45-24/h16-21,23-29,31,37-39,41-42H,11-15,35H2,1-10H3/t16-,17+,18+,19-,20+,21+,23-,24+,25-,26+,27?,28+,29-,31+,32-,33-,34-/m1/s1. The highest BCUT2D eigenvalue weighted by molar-refractivity contribution is 5.81. The molecule has 14 heteroatoms. The summed E-state index contributed by atoms with van der Waals surface area (Å²) in [6.07, 6.45) is -10.3. The summed E-state index contributed by atoms with van der Waals surface area (Å²) in [6.45, 7) is 14.4. The second kappa shape index (κ2) is 15.9. The Morgan fingerprint density at radius 1 is 0.938 bits per heavy atom. The van der Waals surface area contributed by atoms with Crippen LogP contribution in [-0.2, 0) is 38.0 Å². The highest BCUT2D eigenvalue weighted by Gasteiger charge is 2.52. The summed E-state index contributed by atoms with van der Waals surface area (Å²) < 4.78 is 36.4. The number of cyclic esters (lactones) is 1. The summed E-state index contributed by atoms with van der Waals surface area (Å²) in [5.41, 5.74) is 1.37. The molecule has 3 fully saturated rings. The molecule has 3 heterocycles. The van der Waals surface area contributed by atoms with E-state index in [0.717, 1.165) is 0 Å². The van der Waals surface area contributed by atoms with Crippen LogP contribution in [0.5, 0.6) is 0 Å². The first-order chi connectivity index (χ1) is 22.1. The number of methoxy groups -OCH3 is 1. The van der Waals surface area contributed by atoms with Crippen molar-refractivity contribution in [1.82, 2.24) is 0 Å². The first-order valence-electron chi connectivity index (χ1n) is 17.3. The van der Waals surface area contributed by atoms with Crippen molar-refractivity contribution in [1.29, 1.82) is 0 Å². The van der Waals surface area contributed by atoms with E-state index >= 15 is 0 Å². The van der Waals surface area contributed by atoms with Crippen molar-refractivity contribution < 1.29 is 63.5 Å². The Hall–Kier alpha value is -1.30. The molecule has 0 bridgehead atoms. The molecule has 0 amide bonds. The van der Waals surface area contributed by atoms with E-state index in [2.05, 4.69) is 0 Å². The van der Waals surface area contributed by atoms with E-state index in [0.29, 0.717) is 6.42 Å². The van der Waals surface area contributed by atoms with E-state index in [-0.39, 0.29) is 31.8 Å². The minimum atomic E-state index is -1.98. The number of carbonyl (C=O) groups is 2. The van der Waals surface area contributed by atoms with Crippen LogP contribution < -0.4 is 5.73 Å². The lowest BCUT2D eigenvalue weighted by atomic mass is 9.76. The number of carbonyl (C=O) groups excluding carboxylic acids is 2. The zero-order valence-electron chi connectivity index (χ0n) is 30.2. The summed E-state index contributed by atoms with van der Waals surface area (Å²) in [6, 6.07) is -0.670. The van der Waals surface area contributed by atoms with Crippen molar-refractivity contribution in [3.8, 4) is 0 Å². The highest BCUT2D eigenvalue weighted by Crippen LogP contribution is 2.39. The van der Waals surface area contributed by atoms with Crippen molar-refractivity contribution in [2.75, 3.05) is 7.11 Å². The molecular formula is C34H61NO13. The van der Waals surface area contributed by atoms with Gasteiger partial charge in [-0.1, -0.05) is 20.8 Å². The first kappa shape index (κ1) is 41.1. The van der Waals surface area contributed by atoms with Gasteiger partial charge >= 0.3 is 5.97 Å². The Kier molecular flexibility index (Phi) is 13.7. The third-order valence-corrected chi connectivity index (χ3v) is 11.0. The Bertz CT molecular complexity index is 1090. The molecule has 14 nitrogen and oxygen atoms in total. The molecule has 0 aliphatic carbocycles. The summed E-state index contributed by atoms with van der Waals surface area (Å²) in [4.78, 5) is 27.3. The minimum absolute atomic E-state index is 0.0869. The third kappa shape index (κ3) is 8.76. The largest absolute Gasteiger partial charge is 0.459 e. The van der Waals surface area contributed by atoms with Crippen LogP contribution in [-0.4, -0.2) is 129 Å². The van der Waals surface area contributed by atoms with Crippen molar-refractivity contribution >= 4 is 11.8 Å². The molecule has 48 heavy (non-hydrogen) atoms. The summed E-state index contributed by atoms with van der Waals surface area (Å²) in [5.74, 6) is -4.18. The number of aliphatic hydroxyl groups is 5. The van der Waals surface area contributed by atoms with Crippen LogP contribution in [0.4, 0.5) is 0 Å². The van der Waals surface area contributed by atoms with Gasteiger partial charge in [-0.05, 0) is 60.8 Å². The number of nitrogens with two attached hydrogens (primary N) is 1. The average Bonchev–Trinajstić information content (AvgIpc) is 3.02. The number of ketones is 1. The number of hydrogen-bond acceptors (Lipinski definition) is 14. The molecule has 3 saturated heterocycles. The maximum Gasteiger partial charge on any atom is 0.311 e. The maximum absolute atomic E-state index is 13.9. The lowest BCUT2D eigenvalue weighted by molar-refractivity contribution is -0.315.